The quantitative estimate of drug-likeness (QED) is 0.0717. The van der Waals surface area contributed by atoms with Gasteiger partial charge in [0, 0.05) is 5.56 Å². The highest BCUT2D eigenvalue weighted by Gasteiger charge is 2.15. The molecule has 0 aromatic heterocycles. The van der Waals surface area contributed by atoms with Crippen molar-refractivity contribution < 1.29 is 0 Å². The fourth-order valence-electron chi connectivity index (χ4n) is 7.89. The predicted molar refractivity (Wildman–Crippen MR) is 250 cm³/mol. The molecule has 0 radical (unpaired) electrons. The van der Waals surface area contributed by atoms with Gasteiger partial charge in [-0.3, -0.25) is 9.98 Å². The summed E-state index contributed by atoms with van der Waals surface area (Å²) in [4.78, 5) is 9.78. The summed E-state index contributed by atoms with van der Waals surface area (Å²) < 4.78 is 0. The topological polar surface area (TPSA) is 24.7 Å². The van der Waals surface area contributed by atoms with Crippen molar-refractivity contribution in [2.75, 3.05) is 0 Å². The summed E-state index contributed by atoms with van der Waals surface area (Å²) in [5.41, 5.74) is 18.6. The Bertz CT molecular complexity index is 2720. The lowest BCUT2D eigenvalue weighted by molar-refractivity contribution is 1.07. The lowest BCUT2D eigenvalue weighted by Gasteiger charge is -2.19. The predicted octanol–water partition coefficient (Wildman–Crippen LogP) is 14.7. The molecule has 0 atom stereocenters. The molecule has 280 valence electrons. The van der Waals surface area contributed by atoms with Gasteiger partial charge in [0.1, 0.15) is 0 Å². The molecule has 7 aromatic carbocycles. The smallest absolute Gasteiger partial charge is 0.0716 e. The number of fused-ring (bicyclic) bond motifs is 3. The minimum Gasteiger partial charge on any atom is -0.280 e. The Morgan fingerprint density at radius 1 is 0.596 bits per heavy atom. The van der Waals surface area contributed by atoms with Crippen LogP contribution in [0.25, 0.3) is 55.1 Å². The molecule has 7 rings (SSSR count). The minimum atomic E-state index is 0.517. The maximum Gasteiger partial charge on any atom is 0.0716 e. The van der Waals surface area contributed by atoms with Crippen LogP contribution in [0.3, 0.4) is 0 Å². The SMILES string of the molecule is C=C/C(=C\C=C/C)c1ccc(/C(=C/C(=N\Cc2ccc(-c3cc4ccccc4c4ccccc34)cc2)c2ccc(-c3c(C)c(C)c(C)c(C)c3C)cc2)N=C)cc1. The summed E-state index contributed by atoms with van der Waals surface area (Å²) in [5.74, 6) is 0. The highest BCUT2D eigenvalue weighted by molar-refractivity contribution is 6.14. The van der Waals surface area contributed by atoms with E-state index in [4.69, 9.17) is 4.99 Å². The van der Waals surface area contributed by atoms with Gasteiger partial charge in [0.05, 0.1) is 18.0 Å². The van der Waals surface area contributed by atoms with Crippen molar-refractivity contribution in [3.63, 3.8) is 0 Å². The largest absolute Gasteiger partial charge is 0.280 e. The van der Waals surface area contributed by atoms with Crippen molar-refractivity contribution >= 4 is 45.2 Å². The molecule has 0 heterocycles. The van der Waals surface area contributed by atoms with Gasteiger partial charge in [0.15, 0.2) is 0 Å². The average molecular weight is 739 g/mol. The van der Waals surface area contributed by atoms with Crippen molar-refractivity contribution in [1.29, 1.82) is 0 Å². The van der Waals surface area contributed by atoms with Gasteiger partial charge in [0.25, 0.3) is 0 Å². The highest BCUT2D eigenvalue weighted by atomic mass is 14.8. The second kappa shape index (κ2) is 17.0. The van der Waals surface area contributed by atoms with E-state index in [0.29, 0.717) is 6.54 Å². The molecule has 2 heteroatoms. The van der Waals surface area contributed by atoms with Crippen LogP contribution >= 0.6 is 0 Å². The number of hydrogen-bond acceptors (Lipinski definition) is 2. The van der Waals surface area contributed by atoms with Crippen molar-refractivity contribution in [2.24, 2.45) is 9.98 Å². The molecule has 0 aliphatic carbocycles. The zero-order chi connectivity index (χ0) is 40.1. The highest BCUT2D eigenvalue weighted by Crippen LogP contribution is 2.36. The van der Waals surface area contributed by atoms with E-state index in [9.17, 15) is 0 Å². The molecule has 0 aliphatic heterocycles. The Kier molecular flexibility index (Phi) is 11.5. The Balaban J connectivity index is 1.26. The Labute approximate surface area is 338 Å². The second-order valence-electron chi connectivity index (χ2n) is 14.8. The number of rotatable bonds is 11. The summed E-state index contributed by atoms with van der Waals surface area (Å²) in [6.45, 7) is 21.7. The normalized spacial score (nSPS) is 12.5. The van der Waals surface area contributed by atoms with Gasteiger partial charge in [-0.25, -0.2) is 0 Å². The van der Waals surface area contributed by atoms with Crippen LogP contribution in [0.15, 0.2) is 174 Å². The van der Waals surface area contributed by atoms with Gasteiger partial charge in [-0.2, -0.15) is 0 Å². The maximum absolute atomic E-state index is 5.26. The summed E-state index contributed by atoms with van der Waals surface area (Å²) in [5, 5.41) is 5.05. The lowest BCUT2D eigenvalue weighted by atomic mass is 9.86. The third-order valence-corrected chi connectivity index (χ3v) is 11.6. The van der Waals surface area contributed by atoms with Crippen LogP contribution in [0.5, 0.6) is 0 Å². The Morgan fingerprint density at radius 2 is 1.16 bits per heavy atom. The van der Waals surface area contributed by atoms with Crippen LogP contribution in [0, 0.1) is 34.6 Å². The molecule has 0 unspecified atom stereocenters. The van der Waals surface area contributed by atoms with Gasteiger partial charge in [-0.05, 0) is 154 Å². The van der Waals surface area contributed by atoms with Gasteiger partial charge in [-0.1, -0.05) is 152 Å². The maximum atomic E-state index is 5.26. The minimum absolute atomic E-state index is 0.517. The Hall–Kier alpha value is -6.64. The first kappa shape index (κ1) is 38.6. The number of allylic oxidation sites excluding steroid dienone is 6. The molecule has 0 amide bonds. The zero-order valence-corrected chi connectivity index (χ0v) is 34.0. The molecule has 57 heavy (non-hydrogen) atoms. The summed E-state index contributed by atoms with van der Waals surface area (Å²) in [6.07, 6.45) is 10.0. The van der Waals surface area contributed by atoms with Crippen LogP contribution in [-0.2, 0) is 6.54 Å². The molecule has 7 aromatic rings. The monoisotopic (exact) mass is 738 g/mol. The van der Waals surface area contributed by atoms with Crippen molar-refractivity contribution in [3.05, 3.63) is 214 Å². The van der Waals surface area contributed by atoms with Crippen LogP contribution in [-0.4, -0.2) is 12.4 Å². The van der Waals surface area contributed by atoms with E-state index in [1.54, 1.807) is 0 Å². The molecule has 0 fully saturated rings. The summed E-state index contributed by atoms with van der Waals surface area (Å²) in [7, 11) is 0. The van der Waals surface area contributed by atoms with Gasteiger partial charge < -0.3 is 0 Å². The third-order valence-electron chi connectivity index (χ3n) is 11.6. The molecular weight excluding hydrogens is 689 g/mol. The Morgan fingerprint density at radius 3 is 1.79 bits per heavy atom. The van der Waals surface area contributed by atoms with Gasteiger partial charge >= 0.3 is 0 Å². The lowest BCUT2D eigenvalue weighted by Crippen LogP contribution is -2.02. The summed E-state index contributed by atoms with van der Waals surface area (Å²) in [6, 6.07) is 45.7. The number of aliphatic imine (C=N–C) groups is 2. The zero-order valence-electron chi connectivity index (χ0n) is 34.0. The molecule has 0 saturated heterocycles. The van der Waals surface area contributed by atoms with Gasteiger partial charge in [0.2, 0.25) is 0 Å². The summed E-state index contributed by atoms with van der Waals surface area (Å²) >= 11 is 0. The fraction of sp³-hybridized carbons (Fsp3) is 0.127. The molecule has 0 bridgehead atoms. The molecule has 0 aliphatic rings. The van der Waals surface area contributed by atoms with Gasteiger partial charge in [-0.15, -0.1) is 0 Å². The first-order valence-corrected chi connectivity index (χ1v) is 19.7. The molecule has 2 nitrogen and oxygen atoms in total. The van der Waals surface area contributed by atoms with E-state index in [1.807, 2.05) is 25.2 Å². The number of hydrogen-bond donors (Lipinski definition) is 0. The second-order valence-corrected chi connectivity index (χ2v) is 14.8. The van der Waals surface area contributed by atoms with Crippen LogP contribution in [0.4, 0.5) is 0 Å². The first-order valence-electron chi connectivity index (χ1n) is 19.7. The molecule has 0 spiro atoms. The standard InChI is InChI=1S/C55H50N2/c1-9-11-16-42(10-2)43-25-27-45(28-26-43)53(56-8)34-54(46-29-31-47(32-30-46)55-39(6)37(4)36(3)38(5)40(55)7)57-35-41-21-23-44(24-22-41)52-33-48-17-12-13-18-49(48)50-19-14-15-20-51(50)52/h9-34H,2,8,35H2,1,3-7H3/b11-9-,42-16+,53-34-,57-54+. The van der Waals surface area contributed by atoms with E-state index < -0.39 is 0 Å². The fourth-order valence-corrected chi connectivity index (χ4v) is 7.89. The van der Waals surface area contributed by atoms with E-state index in [-0.39, 0.29) is 0 Å². The first-order chi connectivity index (χ1) is 27.7. The van der Waals surface area contributed by atoms with Crippen molar-refractivity contribution in [2.45, 2.75) is 48.1 Å². The van der Waals surface area contributed by atoms with E-state index in [2.05, 4.69) is 192 Å². The van der Waals surface area contributed by atoms with Crippen molar-refractivity contribution in [1.82, 2.24) is 0 Å². The average Bonchev–Trinajstić information content (AvgIpc) is 3.26. The van der Waals surface area contributed by atoms with E-state index in [1.165, 1.54) is 71.6 Å². The van der Waals surface area contributed by atoms with Crippen LogP contribution in [0.1, 0.15) is 57.0 Å². The molecule has 0 saturated carbocycles. The van der Waals surface area contributed by atoms with Crippen LogP contribution < -0.4 is 0 Å². The van der Waals surface area contributed by atoms with Crippen LogP contribution in [0.2, 0.25) is 0 Å². The van der Waals surface area contributed by atoms with E-state index in [0.717, 1.165) is 39.2 Å². The number of nitrogens with zero attached hydrogens (tertiary/aromatic N) is 2. The van der Waals surface area contributed by atoms with E-state index >= 15 is 0 Å². The molecule has 0 N–H and O–H groups in total. The van der Waals surface area contributed by atoms with Crippen molar-refractivity contribution in [3.8, 4) is 22.3 Å². The third kappa shape index (κ3) is 7.90. The molecular formula is C55H50N2. The number of benzene rings is 7.